The van der Waals surface area contributed by atoms with Gasteiger partial charge in [-0.2, -0.15) is 0 Å². The van der Waals surface area contributed by atoms with Gasteiger partial charge in [0.15, 0.2) is 0 Å². The lowest BCUT2D eigenvalue weighted by atomic mass is 10.1. The number of benzene rings is 1. The van der Waals surface area contributed by atoms with Gasteiger partial charge in [0.05, 0.1) is 30.8 Å². The molecule has 0 saturated carbocycles. The minimum absolute atomic E-state index is 0.159. The maximum atomic E-state index is 12.8. The molecule has 6 nitrogen and oxygen atoms in total. The van der Waals surface area contributed by atoms with Crippen molar-refractivity contribution >= 4 is 16.9 Å². The normalized spacial score (nSPS) is 19.4. The van der Waals surface area contributed by atoms with Gasteiger partial charge in [0, 0.05) is 13.1 Å². The molecule has 1 aromatic carbocycles. The van der Waals surface area contributed by atoms with Crippen LogP contribution >= 0.6 is 0 Å². The Bertz CT molecular complexity index is 730. The van der Waals surface area contributed by atoms with Crippen LogP contribution in [-0.2, 0) is 22.6 Å². The summed E-state index contributed by atoms with van der Waals surface area (Å²) in [5, 5.41) is 0. The molecule has 134 valence electrons. The number of hydrogen-bond donors (Lipinski definition) is 0. The number of amides is 1. The van der Waals surface area contributed by atoms with Crippen molar-refractivity contribution in [3.8, 4) is 0 Å². The van der Waals surface area contributed by atoms with Gasteiger partial charge in [-0.15, -0.1) is 0 Å². The molecule has 1 aromatic heterocycles. The van der Waals surface area contributed by atoms with Crippen LogP contribution in [-0.4, -0.2) is 64.7 Å². The number of carbonyl (C=O) groups excluding carboxylic acids is 1. The van der Waals surface area contributed by atoms with Crippen LogP contribution in [0.5, 0.6) is 0 Å². The second kappa shape index (κ2) is 7.54. The van der Waals surface area contributed by atoms with E-state index in [2.05, 4.69) is 15.5 Å². The molecular weight excluding hydrogens is 316 g/mol. The maximum Gasteiger partial charge on any atom is 0.242 e. The molecule has 1 amide bonds. The third-order valence-electron chi connectivity index (χ3n) is 5.20. The Balaban J connectivity index is 1.58. The highest BCUT2D eigenvalue weighted by Crippen LogP contribution is 2.19. The molecule has 2 aliphatic rings. The molecule has 2 saturated heterocycles. The van der Waals surface area contributed by atoms with E-state index < -0.39 is 0 Å². The molecule has 25 heavy (non-hydrogen) atoms. The van der Waals surface area contributed by atoms with Crippen LogP contribution in [0.1, 0.15) is 25.1 Å². The smallest absolute Gasteiger partial charge is 0.242 e. The Morgan fingerprint density at radius 1 is 1.04 bits per heavy atom. The average Bonchev–Trinajstić information content (AvgIpc) is 3.00. The van der Waals surface area contributed by atoms with Crippen molar-refractivity contribution in [2.75, 3.05) is 39.4 Å². The number of imidazole rings is 1. The Morgan fingerprint density at radius 3 is 2.60 bits per heavy atom. The van der Waals surface area contributed by atoms with Crippen LogP contribution in [0.2, 0.25) is 0 Å². The van der Waals surface area contributed by atoms with Crippen LogP contribution in [0, 0.1) is 0 Å². The molecule has 0 N–H and O–H groups in total. The largest absolute Gasteiger partial charge is 0.378 e. The lowest BCUT2D eigenvalue weighted by Gasteiger charge is -2.28. The molecule has 0 spiro atoms. The number of ether oxygens (including phenoxy) is 1. The second-order valence-corrected chi connectivity index (χ2v) is 6.93. The van der Waals surface area contributed by atoms with E-state index >= 15 is 0 Å². The van der Waals surface area contributed by atoms with Gasteiger partial charge in [0.2, 0.25) is 5.91 Å². The van der Waals surface area contributed by atoms with Gasteiger partial charge < -0.3 is 14.2 Å². The van der Waals surface area contributed by atoms with Gasteiger partial charge in [0.25, 0.3) is 0 Å². The summed E-state index contributed by atoms with van der Waals surface area (Å²) in [4.78, 5) is 22.0. The fraction of sp³-hybridized carbons (Fsp3) is 0.579. The molecule has 0 radical (unpaired) electrons. The van der Waals surface area contributed by atoms with Crippen molar-refractivity contribution in [3.05, 3.63) is 30.1 Å². The number of piperidine rings is 1. The first kappa shape index (κ1) is 16.5. The quantitative estimate of drug-likeness (QED) is 0.851. The predicted molar refractivity (Wildman–Crippen MR) is 96.3 cm³/mol. The highest BCUT2D eigenvalue weighted by Gasteiger charge is 2.21. The van der Waals surface area contributed by atoms with E-state index in [1.54, 1.807) is 0 Å². The van der Waals surface area contributed by atoms with E-state index in [0.717, 1.165) is 36.5 Å². The first-order valence-corrected chi connectivity index (χ1v) is 9.33. The fourth-order valence-corrected chi connectivity index (χ4v) is 3.79. The third-order valence-corrected chi connectivity index (χ3v) is 5.20. The minimum Gasteiger partial charge on any atom is -0.378 e. The molecule has 2 aliphatic heterocycles. The summed E-state index contributed by atoms with van der Waals surface area (Å²) >= 11 is 0. The minimum atomic E-state index is 0.159. The molecule has 0 unspecified atom stereocenters. The summed E-state index contributed by atoms with van der Waals surface area (Å²) < 4.78 is 7.47. The molecule has 4 rings (SSSR count). The molecule has 0 atom stereocenters. The first-order chi connectivity index (χ1) is 12.3. The van der Waals surface area contributed by atoms with Crippen molar-refractivity contribution in [2.45, 2.75) is 32.4 Å². The van der Waals surface area contributed by atoms with Gasteiger partial charge in [0.1, 0.15) is 12.4 Å². The Labute approximate surface area is 148 Å². The van der Waals surface area contributed by atoms with E-state index in [1.807, 2.05) is 23.1 Å². The van der Waals surface area contributed by atoms with E-state index in [-0.39, 0.29) is 5.91 Å². The van der Waals surface area contributed by atoms with Gasteiger partial charge in [-0.1, -0.05) is 18.6 Å². The summed E-state index contributed by atoms with van der Waals surface area (Å²) in [5.74, 6) is 1.16. The Hall–Kier alpha value is -1.92. The first-order valence-electron chi connectivity index (χ1n) is 9.33. The van der Waals surface area contributed by atoms with E-state index in [9.17, 15) is 4.79 Å². The molecule has 2 fully saturated rings. The summed E-state index contributed by atoms with van der Waals surface area (Å²) in [6.07, 6.45) is 3.84. The van der Waals surface area contributed by atoms with Crippen LogP contribution in [0.3, 0.4) is 0 Å². The number of aromatic nitrogens is 2. The SMILES string of the molecule is O=C(Cn1c(CN2CCCCC2)nc2ccccc21)N1CCOCC1. The number of likely N-dealkylation sites (tertiary alicyclic amines) is 1. The fourth-order valence-electron chi connectivity index (χ4n) is 3.79. The molecule has 2 aromatic rings. The predicted octanol–water partition coefficient (Wildman–Crippen LogP) is 1.88. The summed E-state index contributed by atoms with van der Waals surface area (Å²) in [6.45, 7) is 6.09. The number of para-hydroxylation sites is 2. The molecule has 3 heterocycles. The van der Waals surface area contributed by atoms with E-state index in [1.165, 1.54) is 19.3 Å². The van der Waals surface area contributed by atoms with Crippen molar-refractivity contribution < 1.29 is 9.53 Å². The maximum absolute atomic E-state index is 12.8. The topological polar surface area (TPSA) is 50.6 Å². The number of fused-ring (bicyclic) bond motifs is 1. The van der Waals surface area contributed by atoms with Gasteiger partial charge in [-0.3, -0.25) is 9.69 Å². The van der Waals surface area contributed by atoms with Gasteiger partial charge in [-0.25, -0.2) is 4.98 Å². The zero-order chi connectivity index (χ0) is 17.1. The molecule has 0 bridgehead atoms. The monoisotopic (exact) mass is 342 g/mol. The lowest BCUT2D eigenvalue weighted by Crippen LogP contribution is -2.42. The van der Waals surface area contributed by atoms with Crippen molar-refractivity contribution in [1.82, 2.24) is 19.4 Å². The van der Waals surface area contributed by atoms with Crippen LogP contribution in [0.25, 0.3) is 11.0 Å². The summed E-state index contributed by atoms with van der Waals surface area (Å²) in [6, 6.07) is 8.12. The van der Waals surface area contributed by atoms with Crippen molar-refractivity contribution in [3.63, 3.8) is 0 Å². The number of hydrogen-bond acceptors (Lipinski definition) is 4. The zero-order valence-corrected chi connectivity index (χ0v) is 14.7. The van der Waals surface area contributed by atoms with Gasteiger partial charge >= 0.3 is 0 Å². The molecular formula is C19H26N4O2. The Morgan fingerprint density at radius 2 is 1.80 bits per heavy atom. The lowest BCUT2D eigenvalue weighted by molar-refractivity contribution is -0.135. The van der Waals surface area contributed by atoms with Crippen molar-refractivity contribution in [2.24, 2.45) is 0 Å². The second-order valence-electron chi connectivity index (χ2n) is 6.93. The Kier molecular flexibility index (Phi) is 4.99. The number of rotatable bonds is 4. The molecule has 0 aliphatic carbocycles. The van der Waals surface area contributed by atoms with Crippen LogP contribution in [0.15, 0.2) is 24.3 Å². The number of carbonyl (C=O) groups is 1. The number of nitrogens with zero attached hydrogens (tertiary/aromatic N) is 4. The number of morpholine rings is 1. The summed E-state index contributed by atoms with van der Waals surface area (Å²) in [5.41, 5.74) is 2.03. The molecule has 6 heteroatoms. The summed E-state index contributed by atoms with van der Waals surface area (Å²) in [7, 11) is 0. The zero-order valence-electron chi connectivity index (χ0n) is 14.7. The average molecular weight is 342 g/mol. The highest BCUT2D eigenvalue weighted by atomic mass is 16.5. The standard InChI is InChI=1S/C19H26N4O2/c24-19(22-10-12-25-13-11-22)15-23-17-7-3-2-6-16(17)20-18(23)14-21-8-4-1-5-9-21/h2-3,6-7H,1,4-5,8-15H2. The highest BCUT2D eigenvalue weighted by molar-refractivity contribution is 5.81. The van der Waals surface area contributed by atoms with Gasteiger partial charge in [-0.05, 0) is 38.1 Å². The van der Waals surface area contributed by atoms with Crippen molar-refractivity contribution in [1.29, 1.82) is 0 Å². The van der Waals surface area contributed by atoms with E-state index in [4.69, 9.17) is 9.72 Å². The van der Waals surface area contributed by atoms with Crippen LogP contribution < -0.4 is 0 Å². The van der Waals surface area contributed by atoms with Crippen LogP contribution in [0.4, 0.5) is 0 Å². The van der Waals surface area contributed by atoms with E-state index in [0.29, 0.717) is 32.8 Å². The third kappa shape index (κ3) is 3.70.